The van der Waals surface area contributed by atoms with Gasteiger partial charge in [-0.3, -0.25) is 14.7 Å². The number of likely N-dealkylation sites (tertiary alicyclic amines) is 1. The van der Waals surface area contributed by atoms with E-state index in [1.807, 2.05) is 55.6 Å². The average molecular weight is 478 g/mol. The fourth-order valence-corrected chi connectivity index (χ4v) is 5.16. The summed E-state index contributed by atoms with van der Waals surface area (Å²) in [6, 6.07) is 25.1. The van der Waals surface area contributed by atoms with Gasteiger partial charge in [0.15, 0.2) is 0 Å². The summed E-state index contributed by atoms with van der Waals surface area (Å²) in [5.41, 5.74) is 5.57. The van der Waals surface area contributed by atoms with Gasteiger partial charge in [0.2, 0.25) is 0 Å². The van der Waals surface area contributed by atoms with Crippen molar-refractivity contribution in [2.24, 2.45) is 0 Å². The molecule has 5 nitrogen and oxygen atoms in total. The molecule has 1 amide bonds. The highest BCUT2D eigenvalue weighted by Crippen LogP contribution is 2.49. The highest BCUT2D eigenvalue weighted by Gasteiger charge is 2.47. The molecule has 2 heterocycles. The first-order valence-electron chi connectivity index (χ1n) is 12.7. The second-order valence-electron chi connectivity index (χ2n) is 10.2. The van der Waals surface area contributed by atoms with Crippen molar-refractivity contribution >= 4 is 16.8 Å². The number of carbonyl (C=O) groups is 1. The Hall–Kier alpha value is -3.70. The van der Waals surface area contributed by atoms with E-state index in [0.717, 1.165) is 64.7 Å². The number of nitrogens with one attached hydrogen (secondary N) is 1. The molecule has 5 heteroatoms. The van der Waals surface area contributed by atoms with Crippen molar-refractivity contribution in [2.75, 3.05) is 20.2 Å². The number of pyridine rings is 1. The highest BCUT2D eigenvalue weighted by molar-refractivity contribution is 5.98. The molecule has 1 unspecified atom stereocenters. The van der Waals surface area contributed by atoms with Crippen molar-refractivity contribution in [2.45, 2.75) is 37.8 Å². The predicted molar refractivity (Wildman–Crippen MR) is 143 cm³/mol. The van der Waals surface area contributed by atoms with E-state index in [9.17, 15) is 4.79 Å². The molecule has 3 aromatic carbocycles. The number of carbonyl (C=O) groups excluding carboxylic acids is 1. The van der Waals surface area contributed by atoms with Crippen LogP contribution in [0.4, 0.5) is 0 Å². The van der Waals surface area contributed by atoms with Crippen LogP contribution in [0.1, 0.15) is 40.7 Å². The molecule has 1 aliphatic heterocycles. The summed E-state index contributed by atoms with van der Waals surface area (Å²) < 4.78 is 6.05. The van der Waals surface area contributed by atoms with Gasteiger partial charge in [0, 0.05) is 23.2 Å². The number of fused-ring (bicyclic) bond motifs is 1. The molecule has 0 radical (unpaired) electrons. The summed E-state index contributed by atoms with van der Waals surface area (Å²) in [5.74, 6) is 0.690. The number of benzene rings is 3. The molecule has 1 N–H and O–H groups in total. The van der Waals surface area contributed by atoms with Gasteiger partial charge in [-0.2, -0.15) is 0 Å². The quantitative estimate of drug-likeness (QED) is 0.370. The zero-order valence-electron chi connectivity index (χ0n) is 20.8. The number of nitrogens with zero attached hydrogens (tertiary/aromatic N) is 2. The normalized spacial score (nSPS) is 18.4. The third-order valence-electron chi connectivity index (χ3n) is 7.78. The summed E-state index contributed by atoms with van der Waals surface area (Å²) in [4.78, 5) is 20.5. The van der Waals surface area contributed by atoms with Gasteiger partial charge in [-0.1, -0.05) is 42.5 Å². The molecule has 1 aliphatic carbocycles. The van der Waals surface area contributed by atoms with Gasteiger partial charge in [-0.15, -0.1) is 0 Å². The van der Waals surface area contributed by atoms with Crippen LogP contribution >= 0.6 is 0 Å². The molecule has 6 rings (SSSR count). The minimum absolute atomic E-state index is 0.0571. The maximum absolute atomic E-state index is 13.6. The Kier molecular flexibility index (Phi) is 5.73. The maximum Gasteiger partial charge on any atom is 0.252 e. The average Bonchev–Trinajstić information content (AvgIpc) is 3.68. The van der Waals surface area contributed by atoms with Crippen molar-refractivity contribution in [3.05, 3.63) is 95.7 Å². The fourth-order valence-electron chi connectivity index (χ4n) is 5.16. The largest absolute Gasteiger partial charge is 0.492 e. The van der Waals surface area contributed by atoms with Gasteiger partial charge < -0.3 is 10.1 Å². The predicted octanol–water partition coefficient (Wildman–Crippen LogP) is 5.71. The number of aryl methyl sites for hydroxylation is 1. The Morgan fingerprint density at radius 3 is 2.61 bits per heavy atom. The lowest BCUT2D eigenvalue weighted by Gasteiger charge is -2.37. The van der Waals surface area contributed by atoms with Crippen LogP contribution in [-0.2, 0) is 5.54 Å². The fraction of sp³-hybridized carbons (Fsp3) is 0.290. The lowest BCUT2D eigenvalue weighted by atomic mass is 9.93. The van der Waals surface area contributed by atoms with Crippen LogP contribution in [0.25, 0.3) is 22.0 Å². The minimum Gasteiger partial charge on any atom is -0.492 e. The summed E-state index contributed by atoms with van der Waals surface area (Å²) in [6.45, 7) is 3.75. The first-order valence-corrected chi connectivity index (χ1v) is 12.7. The van der Waals surface area contributed by atoms with Gasteiger partial charge in [0.05, 0.1) is 11.1 Å². The zero-order chi connectivity index (χ0) is 24.7. The molecular formula is C31H31N3O2. The molecule has 0 spiro atoms. The van der Waals surface area contributed by atoms with E-state index < -0.39 is 0 Å². The van der Waals surface area contributed by atoms with Crippen molar-refractivity contribution < 1.29 is 9.53 Å². The summed E-state index contributed by atoms with van der Waals surface area (Å²) in [7, 11) is 2.12. The Morgan fingerprint density at radius 1 is 1.06 bits per heavy atom. The second-order valence-corrected chi connectivity index (χ2v) is 10.2. The first-order chi connectivity index (χ1) is 17.5. The van der Waals surface area contributed by atoms with Gasteiger partial charge in [0.25, 0.3) is 5.91 Å². The van der Waals surface area contributed by atoms with Crippen molar-refractivity contribution in [1.82, 2.24) is 15.2 Å². The summed E-state index contributed by atoms with van der Waals surface area (Å²) in [5, 5.41) is 4.49. The van der Waals surface area contributed by atoms with Crippen molar-refractivity contribution in [1.29, 1.82) is 0 Å². The second kappa shape index (κ2) is 9.07. The summed E-state index contributed by atoms with van der Waals surface area (Å²) >= 11 is 0. The SMILES string of the molecule is Cc1ccc(OCC2CCN2C)cc1C(=O)NC1(c2cc(-c3ccccc3)cc3ncccc23)CC1. The van der Waals surface area contributed by atoms with E-state index in [-0.39, 0.29) is 11.4 Å². The lowest BCUT2D eigenvalue weighted by Crippen LogP contribution is -2.48. The maximum atomic E-state index is 13.6. The number of likely N-dealkylation sites (N-methyl/N-ethyl adjacent to an activating group) is 1. The monoisotopic (exact) mass is 477 g/mol. The van der Waals surface area contributed by atoms with E-state index >= 15 is 0 Å². The molecule has 1 atom stereocenters. The van der Waals surface area contributed by atoms with Gasteiger partial charge in [0.1, 0.15) is 12.4 Å². The number of aromatic nitrogens is 1. The van der Waals surface area contributed by atoms with Gasteiger partial charge in [-0.05, 0) is 92.4 Å². The number of hydrogen-bond acceptors (Lipinski definition) is 4. The molecule has 36 heavy (non-hydrogen) atoms. The standard InChI is InChI=1S/C31H31N3O2/c1-21-10-11-25(36-20-24-12-16-34(24)2)19-27(21)30(35)33-31(13-14-31)28-17-23(22-7-4-3-5-8-22)18-29-26(28)9-6-15-32-29/h3-11,15,17-19,24H,12-14,16,20H2,1-2H3,(H,33,35). The highest BCUT2D eigenvalue weighted by atomic mass is 16.5. The number of rotatable bonds is 7. The van der Waals surface area contributed by atoms with E-state index in [1.165, 1.54) is 0 Å². The van der Waals surface area contributed by atoms with E-state index in [2.05, 4.69) is 52.6 Å². The van der Waals surface area contributed by atoms with E-state index in [4.69, 9.17) is 4.74 Å². The van der Waals surface area contributed by atoms with Crippen LogP contribution in [0.3, 0.4) is 0 Å². The Labute approximate surface area is 212 Å². The van der Waals surface area contributed by atoms with Crippen molar-refractivity contribution in [3.8, 4) is 16.9 Å². The Balaban J connectivity index is 1.30. The Morgan fingerprint density at radius 2 is 1.89 bits per heavy atom. The lowest BCUT2D eigenvalue weighted by molar-refractivity contribution is 0.0767. The molecule has 2 aliphatic rings. The molecule has 2 fully saturated rings. The zero-order valence-corrected chi connectivity index (χ0v) is 20.8. The van der Waals surface area contributed by atoms with Gasteiger partial charge in [-0.25, -0.2) is 0 Å². The molecule has 0 bridgehead atoms. The number of hydrogen-bond donors (Lipinski definition) is 1. The number of ether oxygens (including phenoxy) is 1. The first kappa shape index (κ1) is 22.7. The summed E-state index contributed by atoms with van der Waals surface area (Å²) in [6.07, 6.45) is 4.80. The molecule has 1 saturated carbocycles. The minimum atomic E-state index is -0.388. The smallest absolute Gasteiger partial charge is 0.252 e. The third-order valence-corrected chi connectivity index (χ3v) is 7.78. The Bertz CT molecular complexity index is 1430. The van der Waals surface area contributed by atoms with E-state index in [0.29, 0.717) is 18.2 Å². The van der Waals surface area contributed by atoms with Crippen LogP contribution < -0.4 is 10.1 Å². The molecule has 4 aromatic rings. The topological polar surface area (TPSA) is 54.5 Å². The van der Waals surface area contributed by atoms with E-state index in [1.54, 1.807) is 0 Å². The van der Waals surface area contributed by atoms with Gasteiger partial charge >= 0.3 is 0 Å². The molecule has 1 saturated heterocycles. The molecule has 1 aromatic heterocycles. The van der Waals surface area contributed by atoms with Crippen LogP contribution in [0.5, 0.6) is 5.75 Å². The van der Waals surface area contributed by atoms with Crippen molar-refractivity contribution in [3.63, 3.8) is 0 Å². The van der Waals surface area contributed by atoms with Crippen LogP contribution in [-0.4, -0.2) is 42.0 Å². The van der Waals surface area contributed by atoms with Crippen LogP contribution in [0, 0.1) is 6.92 Å². The van der Waals surface area contributed by atoms with Crippen LogP contribution in [0.2, 0.25) is 0 Å². The molecule has 182 valence electrons. The van der Waals surface area contributed by atoms with Crippen LogP contribution in [0.15, 0.2) is 79.0 Å². The number of amides is 1. The molecular weight excluding hydrogens is 446 g/mol. The third kappa shape index (κ3) is 4.24.